The van der Waals surface area contributed by atoms with E-state index in [0.29, 0.717) is 31.6 Å². The van der Waals surface area contributed by atoms with E-state index in [9.17, 15) is 4.79 Å². The van der Waals surface area contributed by atoms with Gasteiger partial charge in [0.2, 0.25) is 5.91 Å². The molecule has 1 heterocycles. The zero-order chi connectivity index (χ0) is 16.1. The number of likely N-dealkylation sites (N-methyl/N-ethyl adjacent to an activating group) is 1. The minimum absolute atomic E-state index is 0.146. The van der Waals surface area contributed by atoms with Gasteiger partial charge >= 0.3 is 0 Å². The summed E-state index contributed by atoms with van der Waals surface area (Å²) in [6.45, 7) is 3.72. The van der Waals surface area contributed by atoms with Gasteiger partial charge < -0.3 is 15.0 Å². The summed E-state index contributed by atoms with van der Waals surface area (Å²) in [5.74, 6) is 0.840. The largest absolute Gasteiger partial charge is 0.375 e. The van der Waals surface area contributed by atoms with Gasteiger partial charge in [-0.25, -0.2) is 0 Å². The van der Waals surface area contributed by atoms with Gasteiger partial charge in [-0.1, -0.05) is 43.2 Å². The molecule has 0 radical (unpaired) electrons. The lowest BCUT2D eigenvalue weighted by Crippen LogP contribution is -2.49. The molecule has 0 unspecified atom stereocenters. The number of rotatable bonds is 6. The van der Waals surface area contributed by atoms with E-state index in [1.54, 1.807) is 0 Å². The van der Waals surface area contributed by atoms with Gasteiger partial charge in [-0.15, -0.1) is 0 Å². The van der Waals surface area contributed by atoms with Crippen molar-refractivity contribution in [1.82, 2.24) is 10.2 Å². The van der Waals surface area contributed by atoms with Crippen molar-refractivity contribution in [2.24, 2.45) is 11.3 Å². The Labute approximate surface area is 139 Å². The van der Waals surface area contributed by atoms with Crippen molar-refractivity contribution in [2.45, 2.75) is 32.3 Å². The van der Waals surface area contributed by atoms with Crippen LogP contribution in [0.2, 0.25) is 0 Å². The van der Waals surface area contributed by atoms with Crippen LogP contribution in [0.5, 0.6) is 0 Å². The fourth-order valence-electron chi connectivity index (χ4n) is 4.12. The van der Waals surface area contributed by atoms with Crippen molar-refractivity contribution in [2.75, 3.05) is 33.3 Å². The first-order valence-corrected chi connectivity index (χ1v) is 8.80. The molecule has 23 heavy (non-hydrogen) atoms. The third-order valence-corrected chi connectivity index (χ3v) is 5.49. The number of nitrogens with zero attached hydrogens (tertiary/aromatic N) is 1. The highest BCUT2D eigenvalue weighted by Crippen LogP contribution is 2.44. The van der Waals surface area contributed by atoms with E-state index >= 15 is 0 Å². The number of benzene rings is 1. The highest BCUT2D eigenvalue weighted by Gasteiger charge is 2.50. The molecule has 1 aromatic rings. The van der Waals surface area contributed by atoms with Crippen LogP contribution in [0.1, 0.15) is 31.2 Å². The van der Waals surface area contributed by atoms with Crippen LogP contribution in [-0.2, 0) is 16.1 Å². The fourth-order valence-corrected chi connectivity index (χ4v) is 4.12. The van der Waals surface area contributed by atoms with Gasteiger partial charge in [-0.2, -0.15) is 0 Å². The lowest BCUT2D eigenvalue weighted by atomic mass is 9.67. The van der Waals surface area contributed by atoms with E-state index in [0.717, 1.165) is 19.5 Å². The van der Waals surface area contributed by atoms with Crippen molar-refractivity contribution in [1.29, 1.82) is 0 Å². The van der Waals surface area contributed by atoms with Gasteiger partial charge in [0, 0.05) is 20.1 Å². The maximum Gasteiger partial charge on any atom is 0.230 e. The van der Waals surface area contributed by atoms with Gasteiger partial charge in [-0.3, -0.25) is 4.79 Å². The highest BCUT2D eigenvalue weighted by molar-refractivity contribution is 5.83. The molecule has 0 aromatic heterocycles. The highest BCUT2D eigenvalue weighted by atomic mass is 16.5. The molecule has 4 heteroatoms. The van der Waals surface area contributed by atoms with Gasteiger partial charge in [0.1, 0.15) is 0 Å². The number of ether oxygens (including phenoxy) is 1. The molecule has 0 spiro atoms. The second-order valence-electron chi connectivity index (χ2n) is 6.99. The quantitative estimate of drug-likeness (QED) is 0.820. The van der Waals surface area contributed by atoms with Crippen LogP contribution in [-0.4, -0.2) is 44.1 Å². The van der Waals surface area contributed by atoms with Crippen LogP contribution in [0.25, 0.3) is 0 Å². The van der Waals surface area contributed by atoms with Crippen molar-refractivity contribution in [3.05, 3.63) is 35.9 Å². The number of amides is 1. The molecule has 2 fully saturated rings. The number of hydrogen-bond donors (Lipinski definition) is 1. The van der Waals surface area contributed by atoms with E-state index in [1.165, 1.54) is 24.8 Å². The van der Waals surface area contributed by atoms with E-state index in [2.05, 4.69) is 17.4 Å². The smallest absolute Gasteiger partial charge is 0.230 e. The lowest BCUT2D eigenvalue weighted by Gasteiger charge is -2.39. The minimum atomic E-state index is -0.146. The molecular formula is C19H28N2O2. The number of carbonyl (C=O) groups is 1. The average Bonchev–Trinajstić information content (AvgIpc) is 3.04. The third-order valence-electron chi connectivity index (χ3n) is 5.49. The number of carbonyl (C=O) groups excluding carboxylic acids is 1. The molecule has 126 valence electrons. The molecule has 4 nitrogen and oxygen atoms in total. The van der Waals surface area contributed by atoms with Crippen LogP contribution < -0.4 is 5.32 Å². The second kappa shape index (κ2) is 7.45. The Morgan fingerprint density at radius 1 is 1.35 bits per heavy atom. The molecule has 0 bridgehead atoms. The molecule has 1 saturated heterocycles. The molecule has 1 aliphatic heterocycles. The minimum Gasteiger partial charge on any atom is -0.375 e. The number of hydrogen-bond acceptors (Lipinski definition) is 3. The number of fused-ring (bicyclic) bond motifs is 1. The first-order chi connectivity index (χ1) is 11.2. The van der Waals surface area contributed by atoms with Crippen molar-refractivity contribution >= 4 is 5.91 Å². The first kappa shape index (κ1) is 16.5. The monoisotopic (exact) mass is 316 g/mol. The molecule has 1 amide bonds. The van der Waals surface area contributed by atoms with E-state index in [-0.39, 0.29) is 5.41 Å². The van der Waals surface area contributed by atoms with Crippen molar-refractivity contribution in [3.63, 3.8) is 0 Å². The summed E-state index contributed by atoms with van der Waals surface area (Å²) in [5.41, 5.74) is 1.03. The zero-order valence-electron chi connectivity index (χ0n) is 14.1. The summed E-state index contributed by atoms with van der Waals surface area (Å²) >= 11 is 0. The predicted octanol–water partition coefficient (Wildman–Crippen LogP) is 2.44. The maximum atomic E-state index is 13.0. The van der Waals surface area contributed by atoms with Crippen molar-refractivity contribution < 1.29 is 9.53 Å². The number of nitrogens with one attached hydrogen (secondary N) is 1. The summed E-state index contributed by atoms with van der Waals surface area (Å²) in [7, 11) is 1.92. The molecule has 1 saturated carbocycles. The van der Waals surface area contributed by atoms with E-state index < -0.39 is 0 Å². The topological polar surface area (TPSA) is 41.6 Å². The van der Waals surface area contributed by atoms with Crippen LogP contribution in [0.15, 0.2) is 30.3 Å². The summed E-state index contributed by atoms with van der Waals surface area (Å²) in [4.78, 5) is 14.9. The molecule has 3 rings (SSSR count). The van der Waals surface area contributed by atoms with E-state index in [1.807, 2.05) is 30.1 Å². The standard InChI is InChI=1S/C19H28N2O2/c1-21(11-12-23-14-16-7-3-2-4-8-16)18(22)19-10-6-5-9-17(19)13-20-15-19/h2-4,7-8,17,20H,5-6,9-15H2,1H3/t17-,19+/m0/s1. The Kier molecular flexibility index (Phi) is 5.34. The summed E-state index contributed by atoms with van der Waals surface area (Å²) in [5, 5.41) is 3.45. The SMILES string of the molecule is CN(CCOCc1ccccc1)C(=O)[C@@]12CCCC[C@H]1CNC2. The van der Waals surface area contributed by atoms with Gasteiger partial charge in [0.25, 0.3) is 0 Å². The predicted molar refractivity (Wildman–Crippen MR) is 91.0 cm³/mol. The molecule has 2 atom stereocenters. The normalized spacial score (nSPS) is 26.7. The van der Waals surface area contributed by atoms with Crippen molar-refractivity contribution in [3.8, 4) is 0 Å². The summed E-state index contributed by atoms with van der Waals surface area (Å²) < 4.78 is 5.73. The van der Waals surface area contributed by atoms with Crippen LogP contribution in [0.3, 0.4) is 0 Å². The van der Waals surface area contributed by atoms with Crippen LogP contribution in [0.4, 0.5) is 0 Å². The first-order valence-electron chi connectivity index (χ1n) is 8.80. The van der Waals surface area contributed by atoms with Crippen LogP contribution >= 0.6 is 0 Å². The molecule has 1 N–H and O–H groups in total. The Morgan fingerprint density at radius 3 is 3.00 bits per heavy atom. The molecular weight excluding hydrogens is 288 g/mol. The Hall–Kier alpha value is -1.39. The lowest BCUT2D eigenvalue weighted by molar-refractivity contribution is -0.144. The fraction of sp³-hybridized carbons (Fsp3) is 0.632. The van der Waals surface area contributed by atoms with Gasteiger partial charge in [0.05, 0.1) is 18.6 Å². The summed E-state index contributed by atoms with van der Waals surface area (Å²) in [6, 6.07) is 10.2. The average molecular weight is 316 g/mol. The second-order valence-corrected chi connectivity index (χ2v) is 6.99. The Balaban J connectivity index is 1.48. The molecule has 1 aromatic carbocycles. The zero-order valence-corrected chi connectivity index (χ0v) is 14.1. The van der Waals surface area contributed by atoms with Gasteiger partial charge in [-0.05, 0) is 30.9 Å². The van der Waals surface area contributed by atoms with Crippen LogP contribution in [0, 0.1) is 11.3 Å². The molecule has 1 aliphatic carbocycles. The third kappa shape index (κ3) is 3.59. The van der Waals surface area contributed by atoms with Gasteiger partial charge in [0.15, 0.2) is 0 Å². The molecule has 2 aliphatic rings. The Morgan fingerprint density at radius 2 is 2.17 bits per heavy atom. The van der Waals surface area contributed by atoms with E-state index in [4.69, 9.17) is 4.74 Å². The summed E-state index contributed by atoms with van der Waals surface area (Å²) in [6.07, 6.45) is 4.68. The Bertz CT molecular complexity index is 519. The maximum absolute atomic E-state index is 13.0.